The number of methoxy groups -OCH3 is 1. The highest BCUT2D eigenvalue weighted by Gasteiger charge is 2.07. The first kappa shape index (κ1) is 13.2. The van der Waals surface area contributed by atoms with Gasteiger partial charge in [-0.15, -0.1) is 0 Å². The molecule has 2 rings (SSSR count). The molecule has 96 valence electrons. The minimum absolute atomic E-state index is 0.326. The summed E-state index contributed by atoms with van der Waals surface area (Å²) in [7, 11) is 1.59. The molecule has 0 bridgehead atoms. The lowest BCUT2D eigenvalue weighted by Crippen LogP contribution is -2.01. The summed E-state index contributed by atoms with van der Waals surface area (Å²) in [6.45, 7) is 0. The van der Waals surface area contributed by atoms with Crippen LogP contribution in [0.3, 0.4) is 0 Å². The van der Waals surface area contributed by atoms with Gasteiger partial charge in [0.05, 0.1) is 22.8 Å². The number of benzene rings is 1. The summed E-state index contributed by atoms with van der Waals surface area (Å²) in [6, 6.07) is 9.10. The van der Waals surface area contributed by atoms with Crippen LogP contribution >= 0.6 is 15.9 Å². The largest absolute Gasteiger partial charge is 0.495 e. The SMILES string of the molecule is COc1cc(Nc2nccc(C#N)c2N)ccc1Br. The Balaban J connectivity index is 2.34. The van der Waals surface area contributed by atoms with Crippen LogP contribution in [0.15, 0.2) is 34.9 Å². The van der Waals surface area contributed by atoms with E-state index in [1.807, 2.05) is 24.3 Å². The zero-order valence-corrected chi connectivity index (χ0v) is 11.7. The molecule has 0 aliphatic carbocycles. The van der Waals surface area contributed by atoms with E-state index in [9.17, 15) is 0 Å². The van der Waals surface area contributed by atoms with Gasteiger partial charge in [-0.25, -0.2) is 4.98 Å². The maximum absolute atomic E-state index is 8.92. The van der Waals surface area contributed by atoms with Gasteiger partial charge in [0, 0.05) is 18.0 Å². The molecule has 0 unspecified atom stereocenters. The molecule has 1 aromatic carbocycles. The van der Waals surface area contributed by atoms with Crippen molar-refractivity contribution in [3.8, 4) is 11.8 Å². The van der Waals surface area contributed by atoms with Crippen LogP contribution in [0.2, 0.25) is 0 Å². The number of nitrogen functional groups attached to an aromatic ring is 1. The lowest BCUT2D eigenvalue weighted by molar-refractivity contribution is 0.412. The van der Waals surface area contributed by atoms with Crippen LogP contribution in [0.5, 0.6) is 5.75 Å². The van der Waals surface area contributed by atoms with Crippen molar-refractivity contribution in [3.63, 3.8) is 0 Å². The number of pyridine rings is 1. The third-order valence-electron chi connectivity index (χ3n) is 2.52. The van der Waals surface area contributed by atoms with E-state index < -0.39 is 0 Å². The molecule has 19 heavy (non-hydrogen) atoms. The zero-order chi connectivity index (χ0) is 13.8. The maximum Gasteiger partial charge on any atom is 0.154 e. The van der Waals surface area contributed by atoms with Gasteiger partial charge in [0.2, 0.25) is 0 Å². The first-order valence-corrected chi connectivity index (χ1v) is 6.20. The monoisotopic (exact) mass is 318 g/mol. The third kappa shape index (κ3) is 2.77. The number of halogens is 1. The molecule has 0 aliphatic rings. The van der Waals surface area contributed by atoms with E-state index in [1.165, 1.54) is 6.20 Å². The fourth-order valence-electron chi connectivity index (χ4n) is 1.54. The molecular formula is C13H11BrN4O. The van der Waals surface area contributed by atoms with E-state index in [0.29, 0.717) is 22.8 Å². The minimum atomic E-state index is 0.326. The molecule has 0 atom stereocenters. The third-order valence-corrected chi connectivity index (χ3v) is 3.18. The van der Waals surface area contributed by atoms with Gasteiger partial charge in [-0.05, 0) is 34.1 Å². The van der Waals surface area contributed by atoms with Crippen LogP contribution in [-0.4, -0.2) is 12.1 Å². The van der Waals surface area contributed by atoms with Crippen LogP contribution < -0.4 is 15.8 Å². The number of hydrogen-bond donors (Lipinski definition) is 2. The number of hydrogen-bond acceptors (Lipinski definition) is 5. The highest BCUT2D eigenvalue weighted by atomic mass is 79.9. The van der Waals surface area contributed by atoms with Crippen molar-refractivity contribution >= 4 is 33.1 Å². The number of nitrogens with two attached hydrogens (primary N) is 1. The summed E-state index contributed by atoms with van der Waals surface area (Å²) in [5.74, 6) is 1.14. The Labute approximate surface area is 119 Å². The van der Waals surface area contributed by atoms with Crippen LogP contribution in [-0.2, 0) is 0 Å². The zero-order valence-electron chi connectivity index (χ0n) is 10.1. The molecule has 3 N–H and O–H groups in total. The average Bonchev–Trinajstić information content (AvgIpc) is 2.43. The Hall–Kier alpha value is -2.26. The quantitative estimate of drug-likeness (QED) is 0.908. The van der Waals surface area contributed by atoms with E-state index in [0.717, 1.165) is 10.2 Å². The van der Waals surface area contributed by atoms with E-state index >= 15 is 0 Å². The van der Waals surface area contributed by atoms with Gasteiger partial charge < -0.3 is 15.8 Å². The van der Waals surface area contributed by atoms with Gasteiger partial charge in [-0.3, -0.25) is 0 Å². The van der Waals surface area contributed by atoms with Crippen LogP contribution in [0.4, 0.5) is 17.2 Å². The van der Waals surface area contributed by atoms with Gasteiger partial charge in [-0.1, -0.05) is 0 Å². The number of ether oxygens (including phenoxy) is 1. The van der Waals surface area contributed by atoms with Crippen molar-refractivity contribution in [1.82, 2.24) is 4.98 Å². The highest BCUT2D eigenvalue weighted by molar-refractivity contribution is 9.10. The smallest absolute Gasteiger partial charge is 0.154 e. The second-order valence-corrected chi connectivity index (χ2v) is 4.56. The molecule has 0 spiro atoms. The molecular weight excluding hydrogens is 308 g/mol. The van der Waals surface area contributed by atoms with Crippen LogP contribution in [0, 0.1) is 11.3 Å². The molecule has 0 aliphatic heterocycles. The summed E-state index contributed by atoms with van der Waals surface area (Å²) in [4.78, 5) is 4.12. The van der Waals surface area contributed by atoms with Crippen molar-refractivity contribution in [3.05, 3.63) is 40.5 Å². The molecule has 0 amide bonds. The number of nitrogens with zero attached hydrogens (tertiary/aromatic N) is 2. The van der Waals surface area contributed by atoms with E-state index in [4.69, 9.17) is 15.7 Å². The molecule has 0 saturated carbocycles. The predicted molar refractivity (Wildman–Crippen MR) is 77.3 cm³/mol. The van der Waals surface area contributed by atoms with E-state index in [-0.39, 0.29) is 0 Å². The second kappa shape index (κ2) is 5.59. The molecule has 6 heteroatoms. The van der Waals surface area contributed by atoms with Gasteiger partial charge in [0.15, 0.2) is 5.82 Å². The summed E-state index contributed by atoms with van der Waals surface area (Å²) < 4.78 is 6.06. The molecule has 5 nitrogen and oxygen atoms in total. The van der Waals surface area contributed by atoms with E-state index in [2.05, 4.69) is 26.2 Å². The highest BCUT2D eigenvalue weighted by Crippen LogP contribution is 2.30. The Morgan fingerprint density at radius 2 is 2.21 bits per heavy atom. The molecule has 0 radical (unpaired) electrons. The standard InChI is InChI=1S/C13H11BrN4O/c1-19-11-6-9(2-3-10(11)14)18-13-12(16)8(7-15)4-5-17-13/h2-6H,16H2,1H3,(H,17,18). The van der Waals surface area contributed by atoms with Crippen LogP contribution in [0.1, 0.15) is 5.56 Å². The fourth-order valence-corrected chi connectivity index (χ4v) is 1.95. The molecule has 1 heterocycles. The predicted octanol–water partition coefficient (Wildman–Crippen LogP) is 3.05. The number of rotatable bonds is 3. The Bertz CT molecular complexity index is 652. The van der Waals surface area contributed by atoms with Crippen molar-refractivity contribution < 1.29 is 4.74 Å². The van der Waals surface area contributed by atoms with Gasteiger partial charge in [0.25, 0.3) is 0 Å². The molecule has 0 saturated heterocycles. The summed E-state index contributed by atoms with van der Waals surface area (Å²) >= 11 is 3.38. The minimum Gasteiger partial charge on any atom is -0.495 e. The Morgan fingerprint density at radius 3 is 2.89 bits per heavy atom. The molecule has 0 fully saturated rings. The summed E-state index contributed by atoms with van der Waals surface area (Å²) in [6.07, 6.45) is 1.54. The van der Waals surface area contributed by atoms with Crippen molar-refractivity contribution in [2.75, 3.05) is 18.2 Å². The Kier molecular flexibility index (Phi) is 3.88. The molecule has 2 aromatic rings. The fraction of sp³-hybridized carbons (Fsp3) is 0.0769. The van der Waals surface area contributed by atoms with Gasteiger partial charge >= 0.3 is 0 Å². The molecule has 1 aromatic heterocycles. The number of nitrogens with one attached hydrogen (secondary N) is 1. The maximum atomic E-state index is 8.92. The lowest BCUT2D eigenvalue weighted by atomic mass is 10.2. The first-order chi connectivity index (χ1) is 9.15. The van der Waals surface area contributed by atoms with Gasteiger partial charge in [-0.2, -0.15) is 5.26 Å². The normalized spacial score (nSPS) is 9.74. The van der Waals surface area contributed by atoms with Gasteiger partial charge in [0.1, 0.15) is 11.8 Å². The number of aromatic nitrogens is 1. The lowest BCUT2D eigenvalue weighted by Gasteiger charge is -2.11. The van der Waals surface area contributed by atoms with Crippen molar-refractivity contribution in [2.45, 2.75) is 0 Å². The second-order valence-electron chi connectivity index (χ2n) is 3.71. The summed E-state index contributed by atoms with van der Waals surface area (Å²) in [5.41, 5.74) is 7.34. The topological polar surface area (TPSA) is 84.0 Å². The Morgan fingerprint density at radius 1 is 1.42 bits per heavy atom. The van der Waals surface area contributed by atoms with Crippen molar-refractivity contribution in [1.29, 1.82) is 5.26 Å². The van der Waals surface area contributed by atoms with E-state index in [1.54, 1.807) is 13.2 Å². The van der Waals surface area contributed by atoms with Crippen molar-refractivity contribution in [2.24, 2.45) is 0 Å². The number of anilines is 3. The van der Waals surface area contributed by atoms with Crippen LogP contribution in [0.25, 0.3) is 0 Å². The summed E-state index contributed by atoms with van der Waals surface area (Å²) in [5, 5.41) is 12.0. The first-order valence-electron chi connectivity index (χ1n) is 5.41. The number of nitriles is 1. The average molecular weight is 319 g/mol.